The average molecular weight is 417 g/mol. The van der Waals surface area contributed by atoms with E-state index in [0.29, 0.717) is 31.5 Å². The van der Waals surface area contributed by atoms with Gasteiger partial charge in [0.25, 0.3) is 5.91 Å². The van der Waals surface area contributed by atoms with Gasteiger partial charge in [0.1, 0.15) is 5.82 Å². The van der Waals surface area contributed by atoms with Gasteiger partial charge < -0.3 is 14.6 Å². The predicted octanol–water partition coefficient (Wildman–Crippen LogP) is 3.87. The Bertz CT molecular complexity index is 1000. The second kappa shape index (κ2) is 8.13. The highest BCUT2D eigenvalue weighted by Crippen LogP contribution is 2.31. The molecular formula is C20H18F3N5O2. The number of anilines is 1. The van der Waals surface area contributed by atoms with Gasteiger partial charge in [-0.1, -0.05) is 0 Å². The number of aromatic nitrogens is 3. The fourth-order valence-electron chi connectivity index (χ4n) is 3.29. The maximum absolute atomic E-state index is 13.3. The smallest absolute Gasteiger partial charge is 0.433 e. The highest BCUT2D eigenvalue weighted by atomic mass is 19.4. The minimum atomic E-state index is -4.60. The molecule has 4 heterocycles. The molecule has 0 aliphatic carbocycles. The number of halogens is 3. The summed E-state index contributed by atoms with van der Waals surface area (Å²) in [5, 5.41) is 3.07. The Kier molecular flexibility index (Phi) is 5.39. The Balaban J connectivity index is 1.49. The maximum Gasteiger partial charge on any atom is 0.433 e. The second-order valence-electron chi connectivity index (χ2n) is 6.88. The van der Waals surface area contributed by atoms with Crippen molar-refractivity contribution in [1.82, 2.24) is 19.9 Å². The number of amides is 1. The molecule has 1 saturated heterocycles. The van der Waals surface area contributed by atoms with E-state index in [-0.39, 0.29) is 29.4 Å². The Morgan fingerprint density at radius 1 is 1.13 bits per heavy atom. The molecular weight excluding hydrogens is 399 g/mol. The Morgan fingerprint density at radius 2 is 1.87 bits per heavy atom. The zero-order chi connectivity index (χ0) is 21.1. The standard InChI is InChI=1S/C20H18F3N5O2/c21-20(22,23)16-12-17(27-18(26-16)13-3-7-24-8-4-13)25-14-5-9-28(10-6-14)19(29)15-2-1-11-30-15/h1-4,7-8,11-12,14H,5-6,9-10H2,(H,25,26,27). The molecule has 10 heteroatoms. The molecule has 1 amide bonds. The zero-order valence-electron chi connectivity index (χ0n) is 15.8. The van der Waals surface area contributed by atoms with Crippen molar-refractivity contribution in [1.29, 1.82) is 0 Å². The maximum atomic E-state index is 13.3. The number of likely N-dealkylation sites (tertiary alicyclic amines) is 1. The van der Waals surface area contributed by atoms with E-state index in [1.165, 1.54) is 18.7 Å². The largest absolute Gasteiger partial charge is 0.459 e. The summed E-state index contributed by atoms with van der Waals surface area (Å²) in [7, 11) is 0. The number of alkyl halides is 3. The van der Waals surface area contributed by atoms with Gasteiger partial charge in [-0.2, -0.15) is 13.2 Å². The van der Waals surface area contributed by atoms with Gasteiger partial charge in [-0.3, -0.25) is 9.78 Å². The molecule has 1 aliphatic rings. The lowest BCUT2D eigenvalue weighted by molar-refractivity contribution is -0.141. The van der Waals surface area contributed by atoms with Crippen molar-refractivity contribution in [2.24, 2.45) is 0 Å². The molecule has 30 heavy (non-hydrogen) atoms. The first kappa shape index (κ1) is 19.9. The lowest BCUT2D eigenvalue weighted by atomic mass is 10.0. The van der Waals surface area contributed by atoms with E-state index in [2.05, 4.69) is 20.3 Å². The molecule has 0 bridgehead atoms. The van der Waals surface area contributed by atoms with Gasteiger partial charge in [-0.15, -0.1) is 0 Å². The van der Waals surface area contributed by atoms with Crippen molar-refractivity contribution in [3.8, 4) is 11.4 Å². The average Bonchev–Trinajstić information content (AvgIpc) is 3.28. The van der Waals surface area contributed by atoms with E-state index in [9.17, 15) is 18.0 Å². The molecule has 0 aromatic carbocycles. The van der Waals surface area contributed by atoms with Gasteiger partial charge in [0.15, 0.2) is 17.3 Å². The van der Waals surface area contributed by atoms with E-state index < -0.39 is 11.9 Å². The summed E-state index contributed by atoms with van der Waals surface area (Å²) >= 11 is 0. The highest BCUT2D eigenvalue weighted by molar-refractivity contribution is 5.91. The topological polar surface area (TPSA) is 84.2 Å². The number of hydrogen-bond acceptors (Lipinski definition) is 6. The van der Waals surface area contributed by atoms with Gasteiger partial charge in [-0.05, 0) is 37.1 Å². The first-order valence-electron chi connectivity index (χ1n) is 9.36. The van der Waals surface area contributed by atoms with Gasteiger partial charge in [0, 0.05) is 43.2 Å². The molecule has 4 rings (SSSR count). The third-order valence-corrected chi connectivity index (χ3v) is 4.82. The Labute approximate surface area is 170 Å². The van der Waals surface area contributed by atoms with Crippen molar-refractivity contribution in [2.45, 2.75) is 25.1 Å². The van der Waals surface area contributed by atoms with Crippen molar-refractivity contribution >= 4 is 11.7 Å². The number of nitrogens with one attached hydrogen (secondary N) is 1. The van der Waals surface area contributed by atoms with E-state index >= 15 is 0 Å². The second-order valence-corrected chi connectivity index (χ2v) is 6.88. The van der Waals surface area contributed by atoms with Crippen molar-refractivity contribution < 1.29 is 22.4 Å². The number of piperidine rings is 1. The van der Waals surface area contributed by atoms with Crippen LogP contribution in [0.1, 0.15) is 29.1 Å². The minimum absolute atomic E-state index is 0.0276. The fraction of sp³-hybridized carbons (Fsp3) is 0.300. The molecule has 0 spiro atoms. The van der Waals surface area contributed by atoms with Gasteiger partial charge in [-0.25, -0.2) is 9.97 Å². The molecule has 156 valence electrons. The SMILES string of the molecule is O=C(c1ccco1)N1CCC(Nc2cc(C(F)(F)F)nc(-c3ccncc3)n2)CC1. The predicted molar refractivity (Wildman–Crippen MR) is 102 cm³/mol. The molecule has 3 aromatic rings. The Morgan fingerprint density at radius 3 is 2.50 bits per heavy atom. The van der Waals surface area contributed by atoms with Crippen LogP contribution in [0.2, 0.25) is 0 Å². The van der Waals surface area contributed by atoms with Crippen LogP contribution in [0, 0.1) is 0 Å². The van der Waals surface area contributed by atoms with Crippen LogP contribution in [0.25, 0.3) is 11.4 Å². The minimum Gasteiger partial charge on any atom is -0.459 e. The Hall–Kier alpha value is -3.43. The van der Waals surface area contributed by atoms with E-state index in [1.807, 2.05) is 0 Å². The third kappa shape index (κ3) is 4.42. The van der Waals surface area contributed by atoms with Gasteiger partial charge in [0.2, 0.25) is 0 Å². The highest BCUT2D eigenvalue weighted by Gasteiger charge is 2.34. The summed E-state index contributed by atoms with van der Waals surface area (Å²) in [4.78, 5) is 25.8. The van der Waals surface area contributed by atoms with Crippen LogP contribution in [0.3, 0.4) is 0 Å². The summed E-state index contributed by atoms with van der Waals surface area (Å²) in [6.07, 6.45) is 0.926. The summed E-state index contributed by atoms with van der Waals surface area (Å²) in [5.41, 5.74) is -0.574. The number of pyridine rings is 1. The molecule has 0 atom stereocenters. The fourth-order valence-corrected chi connectivity index (χ4v) is 3.29. The number of carbonyl (C=O) groups excluding carboxylic acids is 1. The van der Waals surface area contributed by atoms with E-state index in [1.54, 1.807) is 29.2 Å². The van der Waals surface area contributed by atoms with Crippen LogP contribution in [0.4, 0.5) is 19.0 Å². The lowest BCUT2D eigenvalue weighted by Gasteiger charge is -2.32. The van der Waals surface area contributed by atoms with Crippen LogP contribution in [0.15, 0.2) is 53.4 Å². The molecule has 0 unspecified atom stereocenters. The molecule has 1 fully saturated rings. The summed E-state index contributed by atoms with van der Waals surface area (Å²) in [6.45, 7) is 0.928. The van der Waals surface area contributed by atoms with Crippen LogP contribution in [0.5, 0.6) is 0 Å². The lowest BCUT2D eigenvalue weighted by Crippen LogP contribution is -2.42. The van der Waals surface area contributed by atoms with Gasteiger partial charge >= 0.3 is 6.18 Å². The molecule has 7 nitrogen and oxygen atoms in total. The quantitative estimate of drug-likeness (QED) is 0.694. The van der Waals surface area contributed by atoms with Crippen LogP contribution in [-0.4, -0.2) is 44.9 Å². The number of hydrogen-bond donors (Lipinski definition) is 1. The molecule has 0 saturated carbocycles. The first-order chi connectivity index (χ1) is 14.4. The van der Waals surface area contributed by atoms with Crippen molar-refractivity contribution in [3.63, 3.8) is 0 Å². The van der Waals surface area contributed by atoms with E-state index in [4.69, 9.17) is 4.42 Å². The van der Waals surface area contributed by atoms with Crippen LogP contribution >= 0.6 is 0 Å². The van der Waals surface area contributed by atoms with E-state index in [0.717, 1.165) is 6.07 Å². The first-order valence-corrected chi connectivity index (χ1v) is 9.36. The monoisotopic (exact) mass is 417 g/mol. The van der Waals surface area contributed by atoms with Crippen molar-refractivity contribution in [2.75, 3.05) is 18.4 Å². The molecule has 0 radical (unpaired) electrons. The number of furan rings is 1. The third-order valence-electron chi connectivity index (χ3n) is 4.82. The molecule has 3 aromatic heterocycles. The number of rotatable bonds is 4. The number of nitrogens with zero attached hydrogens (tertiary/aromatic N) is 4. The molecule has 1 N–H and O–H groups in total. The summed E-state index contributed by atoms with van der Waals surface area (Å²) in [6, 6.07) is 7.15. The zero-order valence-corrected chi connectivity index (χ0v) is 15.8. The summed E-state index contributed by atoms with van der Waals surface area (Å²) in [5.74, 6) is 0.147. The van der Waals surface area contributed by atoms with Crippen LogP contribution in [-0.2, 0) is 6.18 Å². The molecule has 1 aliphatic heterocycles. The van der Waals surface area contributed by atoms with Crippen LogP contribution < -0.4 is 5.32 Å². The number of carbonyl (C=O) groups is 1. The van der Waals surface area contributed by atoms with Gasteiger partial charge in [0.05, 0.1) is 6.26 Å². The summed E-state index contributed by atoms with van der Waals surface area (Å²) < 4.78 is 45.1. The normalized spacial score (nSPS) is 15.2. The van der Waals surface area contributed by atoms with Crippen molar-refractivity contribution in [3.05, 3.63) is 60.4 Å².